The molecule has 4 rings (SSSR count). The molecule has 3 aromatic rings. The number of hydrogen-bond acceptors (Lipinski definition) is 4. The SMILES string of the molecule is Cc1cccc(CN2CCOc3ccc(-c4ccc(OC(F)(F)F)cc4)cc3C2=O)n1. The number of hydrogen-bond donors (Lipinski definition) is 0. The molecule has 5 nitrogen and oxygen atoms in total. The molecule has 0 radical (unpaired) electrons. The van der Waals surface area contributed by atoms with Crippen molar-refractivity contribution in [3.8, 4) is 22.6 Å². The minimum Gasteiger partial charge on any atom is -0.491 e. The van der Waals surface area contributed by atoms with Gasteiger partial charge in [0.05, 0.1) is 24.3 Å². The fourth-order valence-electron chi connectivity index (χ4n) is 3.42. The number of carbonyl (C=O) groups excluding carboxylic acids is 1. The van der Waals surface area contributed by atoms with Gasteiger partial charge in [0, 0.05) is 5.69 Å². The van der Waals surface area contributed by atoms with Crippen LogP contribution in [0.2, 0.25) is 0 Å². The topological polar surface area (TPSA) is 51.7 Å². The number of carbonyl (C=O) groups is 1. The highest BCUT2D eigenvalue weighted by atomic mass is 19.4. The average Bonchev–Trinajstić information content (AvgIpc) is 2.86. The van der Waals surface area contributed by atoms with Crippen LogP contribution in [-0.4, -0.2) is 35.3 Å². The van der Waals surface area contributed by atoms with Crippen LogP contribution in [-0.2, 0) is 6.54 Å². The van der Waals surface area contributed by atoms with Gasteiger partial charge in [0.15, 0.2) is 0 Å². The third kappa shape index (κ3) is 4.96. The predicted molar refractivity (Wildman–Crippen MR) is 108 cm³/mol. The first-order chi connectivity index (χ1) is 14.8. The van der Waals surface area contributed by atoms with Gasteiger partial charge in [0.2, 0.25) is 0 Å². The Hall–Kier alpha value is -3.55. The maximum Gasteiger partial charge on any atom is 0.573 e. The maximum absolute atomic E-state index is 13.2. The number of halogens is 3. The van der Waals surface area contributed by atoms with Crippen molar-refractivity contribution in [2.75, 3.05) is 13.2 Å². The third-order valence-corrected chi connectivity index (χ3v) is 4.84. The lowest BCUT2D eigenvalue weighted by atomic mass is 10.0. The van der Waals surface area contributed by atoms with E-state index >= 15 is 0 Å². The van der Waals surface area contributed by atoms with Gasteiger partial charge in [-0.15, -0.1) is 13.2 Å². The minimum absolute atomic E-state index is 0.185. The quantitative estimate of drug-likeness (QED) is 0.588. The number of aromatic nitrogens is 1. The molecule has 2 heterocycles. The lowest BCUT2D eigenvalue weighted by Gasteiger charge is -2.20. The standard InChI is InChI=1S/C23H19F3N2O3/c1-15-3-2-4-18(27-15)14-28-11-12-30-21-10-7-17(13-20(21)22(28)29)16-5-8-19(9-6-16)31-23(24,25)26/h2-10,13H,11-12,14H2,1H3. The first kappa shape index (κ1) is 20.7. The molecule has 0 bridgehead atoms. The molecule has 1 amide bonds. The van der Waals surface area contributed by atoms with Crippen LogP contribution >= 0.6 is 0 Å². The molecule has 0 fully saturated rings. The smallest absolute Gasteiger partial charge is 0.491 e. The van der Waals surface area contributed by atoms with Gasteiger partial charge in [0.1, 0.15) is 18.1 Å². The second-order valence-electron chi connectivity index (χ2n) is 7.13. The molecule has 31 heavy (non-hydrogen) atoms. The highest BCUT2D eigenvalue weighted by molar-refractivity contribution is 5.98. The Morgan fingerprint density at radius 1 is 1.06 bits per heavy atom. The lowest BCUT2D eigenvalue weighted by molar-refractivity contribution is -0.274. The second kappa shape index (κ2) is 8.29. The Kier molecular flexibility index (Phi) is 5.54. The van der Waals surface area contributed by atoms with E-state index in [0.717, 1.165) is 11.4 Å². The van der Waals surface area contributed by atoms with E-state index < -0.39 is 6.36 Å². The van der Waals surface area contributed by atoms with E-state index in [1.807, 2.05) is 25.1 Å². The molecule has 0 N–H and O–H groups in total. The first-order valence-corrected chi connectivity index (χ1v) is 9.63. The summed E-state index contributed by atoms with van der Waals surface area (Å²) in [4.78, 5) is 19.3. The number of rotatable bonds is 4. The van der Waals surface area contributed by atoms with E-state index in [4.69, 9.17) is 4.74 Å². The van der Waals surface area contributed by atoms with Gasteiger partial charge in [-0.3, -0.25) is 9.78 Å². The van der Waals surface area contributed by atoms with Crippen LogP contribution in [0.15, 0.2) is 60.7 Å². The van der Waals surface area contributed by atoms with Gasteiger partial charge < -0.3 is 14.4 Å². The molecular weight excluding hydrogens is 409 g/mol. The molecule has 0 unspecified atom stereocenters. The second-order valence-corrected chi connectivity index (χ2v) is 7.13. The molecule has 0 atom stereocenters. The van der Waals surface area contributed by atoms with Crippen molar-refractivity contribution in [3.05, 3.63) is 77.6 Å². The maximum atomic E-state index is 13.2. The van der Waals surface area contributed by atoms with Crippen molar-refractivity contribution in [2.24, 2.45) is 0 Å². The average molecular weight is 428 g/mol. The van der Waals surface area contributed by atoms with Crippen molar-refractivity contribution in [1.82, 2.24) is 9.88 Å². The molecule has 1 aliphatic heterocycles. The molecule has 8 heteroatoms. The van der Waals surface area contributed by atoms with E-state index in [2.05, 4.69) is 9.72 Å². The zero-order chi connectivity index (χ0) is 22.0. The normalized spacial score (nSPS) is 13.9. The van der Waals surface area contributed by atoms with Gasteiger partial charge in [-0.25, -0.2) is 0 Å². The Labute approximate surface area is 177 Å². The van der Waals surface area contributed by atoms with E-state index in [-0.39, 0.29) is 11.7 Å². The molecule has 160 valence electrons. The monoisotopic (exact) mass is 428 g/mol. The molecule has 0 saturated heterocycles. The summed E-state index contributed by atoms with van der Waals surface area (Å²) in [6.07, 6.45) is -4.75. The summed E-state index contributed by atoms with van der Waals surface area (Å²) in [6.45, 7) is 3.02. The number of fused-ring (bicyclic) bond motifs is 1. The van der Waals surface area contributed by atoms with Crippen LogP contribution < -0.4 is 9.47 Å². The summed E-state index contributed by atoms with van der Waals surface area (Å²) in [5, 5.41) is 0. The number of nitrogens with zero attached hydrogens (tertiary/aromatic N) is 2. The van der Waals surface area contributed by atoms with Crippen LogP contribution in [0.5, 0.6) is 11.5 Å². The first-order valence-electron chi connectivity index (χ1n) is 9.63. The summed E-state index contributed by atoms with van der Waals surface area (Å²) in [7, 11) is 0. The van der Waals surface area contributed by atoms with Gasteiger partial charge in [-0.1, -0.05) is 24.3 Å². The fourth-order valence-corrected chi connectivity index (χ4v) is 3.42. The van der Waals surface area contributed by atoms with Crippen molar-refractivity contribution < 1.29 is 27.4 Å². The van der Waals surface area contributed by atoms with E-state index in [9.17, 15) is 18.0 Å². The Balaban J connectivity index is 1.59. The van der Waals surface area contributed by atoms with Gasteiger partial charge in [0.25, 0.3) is 5.91 Å². The number of benzene rings is 2. The van der Waals surface area contributed by atoms with Gasteiger partial charge in [-0.2, -0.15) is 0 Å². The molecule has 1 aliphatic rings. The highest BCUT2D eigenvalue weighted by Crippen LogP contribution is 2.31. The molecule has 1 aromatic heterocycles. The van der Waals surface area contributed by atoms with Crippen molar-refractivity contribution in [3.63, 3.8) is 0 Å². The third-order valence-electron chi connectivity index (χ3n) is 4.84. The summed E-state index contributed by atoms with van der Waals surface area (Å²) < 4.78 is 46.8. The number of ether oxygens (including phenoxy) is 2. The summed E-state index contributed by atoms with van der Waals surface area (Å²) in [5.74, 6) is -0.0117. The molecule has 0 saturated carbocycles. The number of alkyl halides is 3. The zero-order valence-electron chi connectivity index (χ0n) is 16.6. The lowest BCUT2D eigenvalue weighted by Crippen LogP contribution is -2.32. The number of pyridine rings is 1. The molecule has 0 aliphatic carbocycles. The van der Waals surface area contributed by atoms with Crippen LogP contribution in [0.25, 0.3) is 11.1 Å². The summed E-state index contributed by atoms with van der Waals surface area (Å²) in [5.41, 5.74) is 3.40. The van der Waals surface area contributed by atoms with Crippen molar-refractivity contribution >= 4 is 5.91 Å². The largest absolute Gasteiger partial charge is 0.573 e. The van der Waals surface area contributed by atoms with Crippen LogP contribution in [0, 0.1) is 6.92 Å². The molecule has 0 spiro atoms. The molecular formula is C23H19F3N2O3. The van der Waals surface area contributed by atoms with Crippen LogP contribution in [0.4, 0.5) is 13.2 Å². The summed E-state index contributed by atoms with van der Waals surface area (Å²) in [6, 6.07) is 16.3. The Bertz CT molecular complexity index is 1100. The number of amides is 1. The van der Waals surface area contributed by atoms with E-state index in [1.54, 1.807) is 23.1 Å². The molecule has 2 aromatic carbocycles. The van der Waals surface area contributed by atoms with Crippen LogP contribution in [0.1, 0.15) is 21.7 Å². The Morgan fingerprint density at radius 3 is 2.52 bits per heavy atom. The van der Waals surface area contributed by atoms with Gasteiger partial charge >= 0.3 is 6.36 Å². The van der Waals surface area contributed by atoms with E-state index in [1.165, 1.54) is 24.3 Å². The number of aryl methyl sites for hydroxylation is 1. The highest BCUT2D eigenvalue weighted by Gasteiger charge is 2.31. The summed E-state index contributed by atoms with van der Waals surface area (Å²) >= 11 is 0. The van der Waals surface area contributed by atoms with E-state index in [0.29, 0.717) is 42.1 Å². The van der Waals surface area contributed by atoms with Crippen molar-refractivity contribution in [1.29, 1.82) is 0 Å². The fraction of sp³-hybridized carbons (Fsp3) is 0.217. The Morgan fingerprint density at radius 2 is 1.81 bits per heavy atom. The predicted octanol–water partition coefficient (Wildman–Crippen LogP) is 4.99. The van der Waals surface area contributed by atoms with Gasteiger partial charge in [-0.05, 0) is 54.4 Å². The zero-order valence-corrected chi connectivity index (χ0v) is 16.6. The minimum atomic E-state index is -4.75. The van der Waals surface area contributed by atoms with Crippen molar-refractivity contribution in [2.45, 2.75) is 19.8 Å². The van der Waals surface area contributed by atoms with Crippen LogP contribution in [0.3, 0.4) is 0 Å².